The number of carbonyl (C=O) groups is 1. The maximum Gasteiger partial charge on any atom is 0.270 e. The van der Waals surface area contributed by atoms with Gasteiger partial charge in [-0.05, 0) is 74.7 Å². The van der Waals surface area contributed by atoms with Gasteiger partial charge in [0.2, 0.25) is 0 Å². The first-order chi connectivity index (χ1) is 19.4. The smallest absolute Gasteiger partial charge is 0.270 e. The fraction of sp³-hybridized carbons (Fsp3) is 0.469. The van der Waals surface area contributed by atoms with E-state index in [9.17, 15) is 4.79 Å². The Balaban J connectivity index is 1.20. The molecule has 0 saturated carbocycles. The van der Waals surface area contributed by atoms with E-state index in [1.165, 1.54) is 16.8 Å². The number of nitrogens with two attached hydrogens (primary N) is 1. The number of halogens is 1. The molecule has 7 nitrogen and oxygen atoms in total. The van der Waals surface area contributed by atoms with Gasteiger partial charge < -0.3 is 25.0 Å². The van der Waals surface area contributed by atoms with Crippen molar-refractivity contribution in [3.8, 4) is 0 Å². The lowest BCUT2D eigenvalue weighted by molar-refractivity contribution is 0.0664. The monoisotopic (exact) mass is 562 g/mol. The molecular formula is C32H43ClN6O. The first kappa shape index (κ1) is 28.5. The van der Waals surface area contributed by atoms with E-state index >= 15 is 0 Å². The Morgan fingerprint density at radius 2 is 1.73 bits per heavy atom. The molecule has 0 unspecified atom stereocenters. The van der Waals surface area contributed by atoms with E-state index in [4.69, 9.17) is 17.3 Å². The van der Waals surface area contributed by atoms with Gasteiger partial charge in [0, 0.05) is 76.8 Å². The summed E-state index contributed by atoms with van der Waals surface area (Å²) >= 11 is 6.43. The number of piperazine rings is 2. The lowest BCUT2D eigenvalue weighted by Gasteiger charge is -2.41. The second-order valence-corrected chi connectivity index (χ2v) is 11.7. The second kappa shape index (κ2) is 12.7. The fourth-order valence-electron chi connectivity index (χ4n) is 6.08. The molecule has 2 N–H and O–H groups in total. The summed E-state index contributed by atoms with van der Waals surface area (Å²) in [5.41, 5.74) is 12.6. The van der Waals surface area contributed by atoms with Crippen LogP contribution in [0.25, 0.3) is 0 Å². The van der Waals surface area contributed by atoms with Gasteiger partial charge in [0.15, 0.2) is 0 Å². The molecule has 1 amide bonds. The van der Waals surface area contributed by atoms with Crippen LogP contribution in [0.4, 0.5) is 11.4 Å². The van der Waals surface area contributed by atoms with Crippen LogP contribution < -0.4 is 15.5 Å². The van der Waals surface area contributed by atoms with E-state index in [1.54, 1.807) is 0 Å². The molecule has 214 valence electrons. The quantitative estimate of drug-likeness (QED) is 0.436. The number of nitrogens with zero attached hydrogens (tertiary/aromatic N) is 5. The van der Waals surface area contributed by atoms with Crippen LogP contribution >= 0.6 is 11.6 Å². The predicted octanol–water partition coefficient (Wildman–Crippen LogP) is 4.55. The van der Waals surface area contributed by atoms with Crippen LogP contribution in [0.1, 0.15) is 40.7 Å². The Labute approximate surface area is 244 Å². The van der Waals surface area contributed by atoms with Gasteiger partial charge in [-0.3, -0.25) is 9.69 Å². The van der Waals surface area contributed by atoms with Crippen molar-refractivity contribution in [3.63, 3.8) is 0 Å². The molecule has 2 saturated heterocycles. The molecule has 0 aliphatic carbocycles. The van der Waals surface area contributed by atoms with Crippen molar-refractivity contribution < 1.29 is 4.79 Å². The second-order valence-electron chi connectivity index (χ2n) is 11.3. The predicted molar refractivity (Wildman–Crippen MR) is 166 cm³/mol. The van der Waals surface area contributed by atoms with E-state index < -0.39 is 0 Å². The molecule has 3 heterocycles. The topological polar surface area (TPSA) is 61.0 Å². The normalized spacial score (nSPS) is 18.4. The molecule has 0 spiro atoms. The Bertz CT molecular complexity index is 1310. The molecule has 1 aromatic heterocycles. The van der Waals surface area contributed by atoms with Crippen LogP contribution in [0.3, 0.4) is 0 Å². The van der Waals surface area contributed by atoms with Gasteiger partial charge in [0.05, 0.1) is 10.7 Å². The molecular weight excluding hydrogens is 520 g/mol. The summed E-state index contributed by atoms with van der Waals surface area (Å²) in [7, 11) is 2.02. The highest BCUT2D eigenvalue weighted by Crippen LogP contribution is 2.27. The van der Waals surface area contributed by atoms with Crippen LogP contribution in [0.5, 0.6) is 0 Å². The van der Waals surface area contributed by atoms with E-state index in [2.05, 4.69) is 74.4 Å². The third-order valence-corrected chi connectivity index (χ3v) is 8.97. The van der Waals surface area contributed by atoms with Crippen molar-refractivity contribution in [1.82, 2.24) is 14.4 Å². The summed E-state index contributed by atoms with van der Waals surface area (Å²) in [5, 5.41) is 0.809. The maximum atomic E-state index is 13.8. The third-order valence-electron chi connectivity index (χ3n) is 8.65. The average molecular weight is 563 g/mol. The Morgan fingerprint density at radius 1 is 0.975 bits per heavy atom. The van der Waals surface area contributed by atoms with Crippen LogP contribution in [-0.4, -0.2) is 78.7 Å². The van der Waals surface area contributed by atoms with Crippen molar-refractivity contribution >= 4 is 28.9 Å². The number of aromatic nitrogens is 1. The van der Waals surface area contributed by atoms with Crippen LogP contribution in [0.2, 0.25) is 5.02 Å². The van der Waals surface area contributed by atoms with E-state index in [0.29, 0.717) is 6.54 Å². The number of hydrogen-bond acceptors (Lipinski definition) is 5. The number of hydrogen-bond donors (Lipinski definition) is 1. The molecule has 2 fully saturated rings. The van der Waals surface area contributed by atoms with Crippen molar-refractivity contribution in [1.29, 1.82) is 0 Å². The van der Waals surface area contributed by atoms with Crippen LogP contribution in [0.15, 0.2) is 54.6 Å². The fourth-order valence-corrected chi connectivity index (χ4v) is 6.33. The van der Waals surface area contributed by atoms with Gasteiger partial charge in [0.25, 0.3) is 5.91 Å². The summed E-state index contributed by atoms with van der Waals surface area (Å²) in [6.07, 6.45) is 2.00. The molecule has 5 rings (SSSR count). The molecule has 0 radical (unpaired) electrons. The van der Waals surface area contributed by atoms with Crippen LogP contribution in [-0.2, 0) is 20.0 Å². The zero-order valence-corrected chi connectivity index (χ0v) is 24.9. The summed E-state index contributed by atoms with van der Waals surface area (Å²) in [6.45, 7) is 12.1. The number of benzene rings is 2. The van der Waals surface area contributed by atoms with Crippen molar-refractivity contribution in [2.75, 3.05) is 62.2 Å². The number of amides is 1. The molecule has 2 aliphatic heterocycles. The zero-order valence-electron chi connectivity index (χ0n) is 24.2. The Morgan fingerprint density at radius 3 is 2.45 bits per heavy atom. The van der Waals surface area contributed by atoms with Crippen molar-refractivity contribution in [2.24, 2.45) is 12.8 Å². The summed E-state index contributed by atoms with van der Waals surface area (Å²) in [5.74, 6) is 0.129. The van der Waals surface area contributed by atoms with E-state index in [1.807, 2.05) is 25.2 Å². The lowest BCUT2D eigenvalue weighted by atomic mass is 10.1. The SMILES string of the molecule is Cc1c(CN2CCN(c3ccccc3Cl)CC2)cc(C(=O)N2CCN(c3cccc(CCCN)c3)C[C@@H]2C)n1C. The third kappa shape index (κ3) is 6.17. The minimum atomic E-state index is 0.129. The number of rotatable bonds is 8. The van der Waals surface area contributed by atoms with Gasteiger partial charge in [-0.1, -0.05) is 35.9 Å². The highest BCUT2D eigenvalue weighted by molar-refractivity contribution is 6.33. The number of para-hydroxylation sites is 1. The number of aryl methyl sites for hydroxylation is 1. The van der Waals surface area contributed by atoms with Gasteiger partial charge >= 0.3 is 0 Å². The molecule has 2 aromatic carbocycles. The molecule has 8 heteroatoms. The largest absolute Gasteiger partial charge is 0.368 e. The van der Waals surface area contributed by atoms with E-state index in [-0.39, 0.29) is 11.9 Å². The molecule has 2 aliphatic rings. The first-order valence-electron chi connectivity index (χ1n) is 14.6. The minimum absolute atomic E-state index is 0.129. The molecule has 3 aromatic rings. The van der Waals surface area contributed by atoms with Crippen molar-refractivity contribution in [3.05, 3.63) is 82.1 Å². The van der Waals surface area contributed by atoms with Crippen LogP contribution in [0, 0.1) is 6.92 Å². The number of carbonyl (C=O) groups excluding carboxylic acids is 1. The van der Waals surface area contributed by atoms with Gasteiger partial charge in [-0.2, -0.15) is 0 Å². The summed E-state index contributed by atoms with van der Waals surface area (Å²) in [6, 6.07) is 19.1. The number of anilines is 2. The molecule has 40 heavy (non-hydrogen) atoms. The minimum Gasteiger partial charge on any atom is -0.368 e. The van der Waals surface area contributed by atoms with Gasteiger partial charge in [0.1, 0.15) is 5.69 Å². The Hall–Kier alpha value is -3.00. The molecule has 1 atom stereocenters. The first-order valence-corrected chi connectivity index (χ1v) is 15.0. The van der Waals surface area contributed by atoms with E-state index in [0.717, 1.165) is 87.3 Å². The highest BCUT2D eigenvalue weighted by Gasteiger charge is 2.31. The zero-order chi connectivity index (χ0) is 28.2. The van der Waals surface area contributed by atoms with Gasteiger partial charge in [-0.15, -0.1) is 0 Å². The average Bonchev–Trinajstić information content (AvgIpc) is 3.25. The lowest BCUT2D eigenvalue weighted by Crippen LogP contribution is -2.54. The standard InChI is InChI=1S/C32H43ClN6O/c1-24-22-38(28-10-6-8-26(20-28)9-7-13-34)18-19-39(24)32(40)31-21-27(25(2)35(31)3)23-36-14-16-37(17-15-36)30-12-5-4-11-29(30)33/h4-6,8,10-12,20-21,24H,7,9,13-19,22-23,34H2,1-3H3/t24-/m0/s1. The van der Waals surface area contributed by atoms with Crippen molar-refractivity contribution in [2.45, 2.75) is 39.3 Å². The summed E-state index contributed by atoms with van der Waals surface area (Å²) < 4.78 is 2.08. The van der Waals surface area contributed by atoms with Gasteiger partial charge in [-0.25, -0.2) is 0 Å². The highest BCUT2D eigenvalue weighted by atomic mass is 35.5. The molecule has 0 bridgehead atoms. The maximum absolute atomic E-state index is 13.8. The Kier molecular flexibility index (Phi) is 9.03. The summed E-state index contributed by atoms with van der Waals surface area (Å²) in [4.78, 5) is 23.1.